The lowest BCUT2D eigenvalue weighted by Gasteiger charge is -2.01. The second kappa shape index (κ2) is 6.81. The predicted octanol–water partition coefficient (Wildman–Crippen LogP) is 2.52. The fraction of sp³-hybridized carbons (Fsp3) is 0.143. The Balaban J connectivity index is 2.09. The molecule has 0 radical (unpaired) electrons. The Morgan fingerprint density at radius 3 is 2.41 bits per heavy atom. The summed E-state index contributed by atoms with van der Waals surface area (Å²) in [5.41, 5.74) is 1.34. The molecule has 0 atom stereocenters. The number of nitrogens with one attached hydrogen (secondary N) is 2. The van der Waals surface area contributed by atoms with Crippen molar-refractivity contribution < 1.29 is 14.7 Å². The van der Waals surface area contributed by atoms with Crippen LogP contribution in [-0.2, 0) is 9.59 Å². The molecule has 2 aromatic rings. The van der Waals surface area contributed by atoms with Crippen LogP contribution in [0.1, 0.15) is 18.7 Å². The third-order valence-corrected chi connectivity index (χ3v) is 3.33. The number of hydrogen-bond acceptors (Lipinski definition) is 6. The maximum absolute atomic E-state index is 10.9. The Labute approximate surface area is 130 Å². The summed E-state index contributed by atoms with van der Waals surface area (Å²) in [5, 5.41) is 15.1. The first-order valence-corrected chi connectivity index (χ1v) is 7.15. The molecule has 1 aromatic heterocycles. The van der Waals surface area contributed by atoms with Gasteiger partial charge in [-0.1, -0.05) is 11.3 Å². The van der Waals surface area contributed by atoms with Gasteiger partial charge in [0.05, 0.1) is 11.9 Å². The molecule has 0 spiro atoms. The summed E-state index contributed by atoms with van der Waals surface area (Å²) in [4.78, 5) is 30.3. The van der Waals surface area contributed by atoms with Crippen molar-refractivity contribution in [3.05, 3.63) is 29.1 Å². The van der Waals surface area contributed by atoms with E-state index in [0.717, 1.165) is 11.3 Å². The smallest absolute Gasteiger partial charge is 0.233 e. The van der Waals surface area contributed by atoms with E-state index in [1.54, 1.807) is 24.3 Å². The molecule has 2 rings (SSSR count). The van der Waals surface area contributed by atoms with Crippen LogP contribution in [-0.4, -0.2) is 28.1 Å². The second-order valence-corrected chi connectivity index (χ2v) is 5.40. The van der Waals surface area contributed by atoms with E-state index < -0.39 is 0 Å². The fourth-order valence-corrected chi connectivity index (χ4v) is 2.36. The fourth-order valence-electron chi connectivity index (χ4n) is 1.58. The minimum Gasteiger partial charge on any atom is -0.492 e. The second-order valence-electron chi connectivity index (χ2n) is 4.37. The summed E-state index contributed by atoms with van der Waals surface area (Å²) in [6.07, 6.45) is 1.46. The van der Waals surface area contributed by atoms with E-state index in [9.17, 15) is 14.7 Å². The average molecular weight is 318 g/mol. The van der Waals surface area contributed by atoms with Gasteiger partial charge in [-0.2, -0.15) is 4.98 Å². The lowest BCUT2D eigenvalue weighted by molar-refractivity contribution is -0.115. The number of aromatic nitrogens is 1. The highest BCUT2D eigenvalue weighted by Gasteiger charge is 2.09. The zero-order valence-electron chi connectivity index (χ0n) is 12.0. The number of aromatic hydroxyl groups is 1. The van der Waals surface area contributed by atoms with E-state index in [4.69, 9.17) is 0 Å². The predicted molar refractivity (Wildman–Crippen MR) is 86.1 cm³/mol. The summed E-state index contributed by atoms with van der Waals surface area (Å²) < 4.78 is 0. The van der Waals surface area contributed by atoms with Crippen molar-refractivity contribution in [1.82, 2.24) is 4.98 Å². The lowest BCUT2D eigenvalue weighted by atomic mass is 10.3. The van der Waals surface area contributed by atoms with Crippen LogP contribution in [0.5, 0.6) is 5.88 Å². The van der Waals surface area contributed by atoms with Gasteiger partial charge in [0, 0.05) is 19.5 Å². The molecule has 1 heterocycles. The normalized spacial score (nSPS) is 10.6. The van der Waals surface area contributed by atoms with Gasteiger partial charge < -0.3 is 15.7 Å². The number of amides is 2. The van der Waals surface area contributed by atoms with Gasteiger partial charge in [0.1, 0.15) is 4.88 Å². The van der Waals surface area contributed by atoms with Crippen molar-refractivity contribution in [3.8, 4) is 5.88 Å². The first kappa shape index (κ1) is 15.6. The maximum atomic E-state index is 10.9. The number of anilines is 2. The molecular formula is C14H14N4O3S. The first-order valence-electron chi connectivity index (χ1n) is 6.33. The van der Waals surface area contributed by atoms with Gasteiger partial charge in [0.2, 0.25) is 17.7 Å². The highest BCUT2D eigenvalue weighted by Crippen LogP contribution is 2.27. The molecule has 3 N–H and O–H groups in total. The molecular weight excluding hydrogens is 304 g/mol. The molecule has 0 bridgehead atoms. The lowest BCUT2D eigenvalue weighted by Crippen LogP contribution is -2.04. The quantitative estimate of drug-likeness (QED) is 0.753. The number of nitrogens with zero attached hydrogens (tertiary/aromatic N) is 2. The molecule has 0 aliphatic carbocycles. The van der Waals surface area contributed by atoms with E-state index in [2.05, 4.69) is 20.6 Å². The third-order valence-electron chi connectivity index (χ3n) is 2.44. The maximum Gasteiger partial charge on any atom is 0.233 e. The molecule has 0 aliphatic rings. The topological polar surface area (TPSA) is 104 Å². The third kappa shape index (κ3) is 4.38. The molecule has 0 saturated carbocycles. The van der Waals surface area contributed by atoms with Gasteiger partial charge in [-0.05, 0) is 24.3 Å². The highest BCUT2D eigenvalue weighted by atomic mass is 32.1. The standard InChI is InChI=1S/C14H14N4O3S/c1-8(19)16-11-5-3-10(4-6-11)15-7-12-13(21)18-14(22-12)17-9(2)20/h3-7,21H,1-2H3,(H,16,19)(H,17,18,20). The minimum absolute atomic E-state index is 0.142. The van der Waals surface area contributed by atoms with Crippen molar-refractivity contribution in [2.75, 3.05) is 10.6 Å². The van der Waals surface area contributed by atoms with Crippen LogP contribution >= 0.6 is 11.3 Å². The number of carbonyl (C=O) groups excluding carboxylic acids is 2. The highest BCUT2D eigenvalue weighted by molar-refractivity contribution is 7.17. The molecule has 114 valence electrons. The summed E-state index contributed by atoms with van der Waals surface area (Å²) in [6.45, 7) is 2.80. The van der Waals surface area contributed by atoms with E-state index in [1.165, 1.54) is 20.1 Å². The van der Waals surface area contributed by atoms with Crippen LogP contribution in [0, 0.1) is 0 Å². The number of thiazole rings is 1. The zero-order chi connectivity index (χ0) is 16.1. The van der Waals surface area contributed by atoms with Crippen LogP contribution in [0.2, 0.25) is 0 Å². The Bertz CT molecular complexity index is 722. The SMILES string of the molecule is CC(=O)Nc1ccc(N=Cc2sc(NC(C)=O)nc2O)cc1. The summed E-state index contributed by atoms with van der Waals surface area (Å²) in [7, 11) is 0. The van der Waals surface area contributed by atoms with Crippen LogP contribution in [0.25, 0.3) is 0 Å². The summed E-state index contributed by atoms with van der Waals surface area (Å²) >= 11 is 1.12. The van der Waals surface area contributed by atoms with Crippen molar-refractivity contribution in [2.45, 2.75) is 13.8 Å². The van der Waals surface area contributed by atoms with Crippen LogP contribution in [0.15, 0.2) is 29.3 Å². The van der Waals surface area contributed by atoms with Gasteiger partial charge in [-0.15, -0.1) is 0 Å². The molecule has 22 heavy (non-hydrogen) atoms. The number of benzene rings is 1. The Morgan fingerprint density at radius 2 is 1.82 bits per heavy atom. The first-order chi connectivity index (χ1) is 10.4. The number of carbonyl (C=O) groups is 2. The number of hydrogen-bond donors (Lipinski definition) is 3. The Kier molecular flexibility index (Phi) is 4.84. The molecule has 8 heteroatoms. The van der Waals surface area contributed by atoms with Gasteiger partial charge in [0.15, 0.2) is 5.13 Å². The molecule has 0 fully saturated rings. The summed E-state index contributed by atoms with van der Waals surface area (Å²) in [6, 6.07) is 6.91. The Hall–Kier alpha value is -2.74. The number of aliphatic imine (C=N–C) groups is 1. The molecule has 0 saturated heterocycles. The van der Waals surface area contributed by atoms with E-state index in [-0.39, 0.29) is 17.7 Å². The molecule has 0 unspecified atom stereocenters. The van der Waals surface area contributed by atoms with E-state index in [1.807, 2.05) is 0 Å². The van der Waals surface area contributed by atoms with Crippen LogP contribution in [0.4, 0.5) is 16.5 Å². The van der Waals surface area contributed by atoms with Crippen molar-refractivity contribution in [1.29, 1.82) is 0 Å². The monoisotopic (exact) mass is 318 g/mol. The van der Waals surface area contributed by atoms with Crippen LogP contribution < -0.4 is 10.6 Å². The molecule has 7 nitrogen and oxygen atoms in total. The Morgan fingerprint density at radius 1 is 1.18 bits per heavy atom. The molecule has 0 aliphatic heterocycles. The van der Waals surface area contributed by atoms with Crippen molar-refractivity contribution in [3.63, 3.8) is 0 Å². The van der Waals surface area contributed by atoms with Gasteiger partial charge >= 0.3 is 0 Å². The van der Waals surface area contributed by atoms with Gasteiger partial charge in [-0.3, -0.25) is 14.6 Å². The summed E-state index contributed by atoms with van der Waals surface area (Å²) in [5.74, 6) is -0.588. The average Bonchev–Trinajstić information content (AvgIpc) is 2.76. The van der Waals surface area contributed by atoms with Gasteiger partial charge in [-0.25, -0.2) is 0 Å². The van der Waals surface area contributed by atoms with Crippen LogP contribution in [0.3, 0.4) is 0 Å². The van der Waals surface area contributed by atoms with E-state index >= 15 is 0 Å². The van der Waals surface area contributed by atoms with Crippen molar-refractivity contribution in [2.24, 2.45) is 4.99 Å². The van der Waals surface area contributed by atoms with Gasteiger partial charge in [0.25, 0.3) is 0 Å². The number of rotatable bonds is 4. The minimum atomic E-state index is -0.259. The molecule has 1 aromatic carbocycles. The van der Waals surface area contributed by atoms with E-state index in [0.29, 0.717) is 21.4 Å². The van der Waals surface area contributed by atoms with Crippen molar-refractivity contribution >= 4 is 45.9 Å². The zero-order valence-corrected chi connectivity index (χ0v) is 12.8. The molecule has 2 amide bonds. The largest absolute Gasteiger partial charge is 0.492 e.